The zero-order valence-corrected chi connectivity index (χ0v) is 14.7. The molecular weight excluding hydrogens is 326 g/mol. The highest BCUT2D eigenvalue weighted by molar-refractivity contribution is 7.99. The first-order valence-electron chi connectivity index (χ1n) is 8.30. The van der Waals surface area contributed by atoms with Crippen molar-refractivity contribution in [2.24, 2.45) is 0 Å². The van der Waals surface area contributed by atoms with Gasteiger partial charge in [0.05, 0.1) is 30.5 Å². The normalized spacial score (nSPS) is 21.0. The molecule has 0 aliphatic carbocycles. The summed E-state index contributed by atoms with van der Waals surface area (Å²) >= 11 is 1.62. The molecule has 0 bridgehead atoms. The van der Waals surface area contributed by atoms with Crippen LogP contribution in [-0.4, -0.2) is 60.7 Å². The van der Waals surface area contributed by atoms with Gasteiger partial charge in [0.1, 0.15) is 6.04 Å². The first-order chi connectivity index (χ1) is 11.7. The number of thioether (sulfide) groups is 1. The van der Waals surface area contributed by atoms with Crippen LogP contribution in [0, 0.1) is 0 Å². The fraction of sp³-hybridized carbons (Fsp3) is 0.529. The van der Waals surface area contributed by atoms with Crippen LogP contribution in [0.25, 0.3) is 0 Å². The van der Waals surface area contributed by atoms with E-state index in [1.165, 1.54) is 0 Å². The van der Waals surface area contributed by atoms with E-state index in [1.54, 1.807) is 16.7 Å². The summed E-state index contributed by atoms with van der Waals surface area (Å²) in [7, 11) is 0. The van der Waals surface area contributed by atoms with Crippen molar-refractivity contribution in [2.75, 3.05) is 48.1 Å². The Morgan fingerprint density at radius 2 is 2.04 bits per heavy atom. The number of ether oxygens (including phenoxy) is 1. The lowest BCUT2D eigenvalue weighted by Crippen LogP contribution is -2.44. The highest BCUT2D eigenvalue weighted by Crippen LogP contribution is 2.28. The first kappa shape index (κ1) is 17.1. The van der Waals surface area contributed by atoms with Crippen LogP contribution in [0.5, 0.6) is 0 Å². The number of morpholine rings is 1. The number of anilines is 2. The summed E-state index contributed by atoms with van der Waals surface area (Å²) in [5.74, 6) is 1.16. The molecule has 2 aliphatic heterocycles. The Bertz CT molecular complexity index is 604. The maximum atomic E-state index is 12.7. The van der Waals surface area contributed by atoms with Gasteiger partial charge in [-0.25, -0.2) is 0 Å². The molecule has 0 aromatic heterocycles. The minimum absolute atomic E-state index is 0.0293. The fourth-order valence-corrected chi connectivity index (χ4v) is 4.16. The van der Waals surface area contributed by atoms with E-state index in [1.807, 2.05) is 31.2 Å². The molecule has 0 unspecified atom stereocenters. The number of nitrogens with one attached hydrogen (secondary N) is 1. The predicted octanol–water partition coefficient (Wildman–Crippen LogP) is 1.77. The van der Waals surface area contributed by atoms with Crippen LogP contribution in [-0.2, 0) is 14.3 Å². The zero-order valence-electron chi connectivity index (χ0n) is 13.9. The lowest BCUT2D eigenvalue weighted by molar-refractivity contribution is -0.135. The number of hydrogen-bond donors (Lipinski definition) is 1. The van der Waals surface area contributed by atoms with Crippen molar-refractivity contribution in [3.8, 4) is 0 Å². The first-order valence-corrected chi connectivity index (χ1v) is 9.46. The molecule has 2 amide bonds. The third-order valence-corrected chi connectivity index (χ3v) is 5.33. The Balaban J connectivity index is 1.73. The lowest BCUT2D eigenvalue weighted by Gasteiger charge is -2.31. The highest BCUT2D eigenvalue weighted by atomic mass is 32.2. The van der Waals surface area contributed by atoms with Crippen molar-refractivity contribution in [1.82, 2.24) is 4.90 Å². The van der Waals surface area contributed by atoms with Crippen LogP contribution in [0.3, 0.4) is 0 Å². The molecule has 0 spiro atoms. The number of benzene rings is 1. The van der Waals surface area contributed by atoms with Crippen LogP contribution in [0.15, 0.2) is 24.3 Å². The average molecular weight is 349 g/mol. The van der Waals surface area contributed by atoms with Gasteiger partial charge < -0.3 is 19.9 Å². The van der Waals surface area contributed by atoms with Crippen LogP contribution in [0.4, 0.5) is 11.4 Å². The lowest BCUT2D eigenvalue weighted by atomic mass is 10.2. The number of nitrogens with zero attached hydrogens (tertiary/aromatic N) is 2. The quantitative estimate of drug-likeness (QED) is 0.898. The summed E-state index contributed by atoms with van der Waals surface area (Å²) in [5.41, 5.74) is 1.80. The summed E-state index contributed by atoms with van der Waals surface area (Å²) < 4.78 is 5.40. The molecule has 1 atom stereocenters. The Kier molecular flexibility index (Phi) is 5.63. The van der Waals surface area contributed by atoms with Gasteiger partial charge in [0, 0.05) is 25.3 Å². The zero-order chi connectivity index (χ0) is 16.9. The molecule has 24 heavy (non-hydrogen) atoms. The third kappa shape index (κ3) is 3.67. The molecule has 1 N–H and O–H groups in total. The van der Waals surface area contributed by atoms with E-state index >= 15 is 0 Å². The molecular formula is C17H23N3O3S. The fourth-order valence-electron chi connectivity index (χ4n) is 2.98. The molecule has 1 aromatic carbocycles. The minimum atomic E-state index is -0.389. The summed E-state index contributed by atoms with van der Waals surface area (Å²) in [6, 6.07) is 7.42. The second-order valence-electron chi connectivity index (χ2n) is 5.84. The Morgan fingerprint density at radius 1 is 1.29 bits per heavy atom. The molecule has 130 valence electrons. The smallest absolute Gasteiger partial charge is 0.248 e. The second kappa shape index (κ2) is 7.90. The number of carbonyl (C=O) groups is 2. The molecule has 2 saturated heterocycles. The highest BCUT2D eigenvalue weighted by Gasteiger charge is 2.34. The van der Waals surface area contributed by atoms with Gasteiger partial charge in [-0.2, -0.15) is 0 Å². The van der Waals surface area contributed by atoms with Gasteiger partial charge >= 0.3 is 0 Å². The summed E-state index contributed by atoms with van der Waals surface area (Å²) in [4.78, 5) is 28.6. The van der Waals surface area contributed by atoms with Crippen molar-refractivity contribution in [1.29, 1.82) is 0 Å². The van der Waals surface area contributed by atoms with E-state index in [0.717, 1.165) is 24.5 Å². The molecule has 0 saturated carbocycles. The average Bonchev–Trinajstić information content (AvgIpc) is 3.12. The van der Waals surface area contributed by atoms with Gasteiger partial charge in [-0.15, -0.1) is 11.8 Å². The van der Waals surface area contributed by atoms with E-state index < -0.39 is 0 Å². The van der Waals surface area contributed by atoms with Crippen molar-refractivity contribution in [3.05, 3.63) is 24.3 Å². The number of para-hydroxylation sites is 2. The van der Waals surface area contributed by atoms with Gasteiger partial charge in [-0.1, -0.05) is 19.1 Å². The summed E-state index contributed by atoms with van der Waals surface area (Å²) in [6.45, 7) is 4.84. The molecule has 3 rings (SSSR count). The molecule has 2 heterocycles. The molecule has 7 heteroatoms. The summed E-state index contributed by atoms with van der Waals surface area (Å²) in [6.07, 6.45) is 0.425. The molecule has 1 aromatic rings. The predicted molar refractivity (Wildman–Crippen MR) is 96.4 cm³/mol. The third-order valence-electron chi connectivity index (χ3n) is 4.32. The summed E-state index contributed by atoms with van der Waals surface area (Å²) in [5, 5.41) is 3.03. The van der Waals surface area contributed by atoms with Crippen LogP contribution >= 0.6 is 11.8 Å². The monoisotopic (exact) mass is 349 g/mol. The number of carbonyl (C=O) groups excluding carboxylic acids is 2. The van der Waals surface area contributed by atoms with Gasteiger partial charge in [-0.05, 0) is 12.1 Å². The SMILES string of the molecule is CCC(=O)N1CSC[C@@H]1C(=O)Nc1ccccc1N1CCOCC1. The maximum Gasteiger partial charge on any atom is 0.248 e. The van der Waals surface area contributed by atoms with Crippen molar-refractivity contribution < 1.29 is 14.3 Å². The van der Waals surface area contributed by atoms with Crippen LogP contribution < -0.4 is 10.2 Å². The maximum absolute atomic E-state index is 12.7. The van der Waals surface area contributed by atoms with Crippen molar-refractivity contribution in [2.45, 2.75) is 19.4 Å². The molecule has 2 fully saturated rings. The van der Waals surface area contributed by atoms with Gasteiger partial charge in [0.25, 0.3) is 0 Å². The minimum Gasteiger partial charge on any atom is -0.378 e. The van der Waals surface area contributed by atoms with Gasteiger partial charge in [-0.3, -0.25) is 9.59 Å². The Labute approximate surface area is 146 Å². The van der Waals surface area contributed by atoms with Crippen molar-refractivity contribution in [3.63, 3.8) is 0 Å². The molecule has 0 radical (unpaired) electrons. The van der Waals surface area contributed by atoms with E-state index in [4.69, 9.17) is 4.74 Å². The van der Waals surface area contributed by atoms with E-state index in [0.29, 0.717) is 31.3 Å². The van der Waals surface area contributed by atoms with Crippen LogP contribution in [0.2, 0.25) is 0 Å². The Hall–Kier alpha value is -1.73. The number of rotatable bonds is 4. The van der Waals surface area contributed by atoms with E-state index in [9.17, 15) is 9.59 Å². The second-order valence-corrected chi connectivity index (χ2v) is 6.84. The molecule has 2 aliphatic rings. The van der Waals surface area contributed by atoms with Crippen molar-refractivity contribution >= 4 is 35.0 Å². The van der Waals surface area contributed by atoms with E-state index in [-0.39, 0.29) is 17.9 Å². The topological polar surface area (TPSA) is 61.9 Å². The number of amides is 2. The largest absolute Gasteiger partial charge is 0.378 e. The van der Waals surface area contributed by atoms with E-state index in [2.05, 4.69) is 10.2 Å². The Morgan fingerprint density at radius 3 is 2.79 bits per heavy atom. The molecule has 6 nitrogen and oxygen atoms in total. The van der Waals surface area contributed by atoms with Gasteiger partial charge in [0.15, 0.2) is 0 Å². The number of hydrogen-bond acceptors (Lipinski definition) is 5. The van der Waals surface area contributed by atoms with Crippen LogP contribution in [0.1, 0.15) is 13.3 Å². The van der Waals surface area contributed by atoms with Gasteiger partial charge in [0.2, 0.25) is 11.8 Å². The standard InChI is InChI=1S/C17H23N3O3S/c1-2-16(21)20-12-24-11-15(20)17(22)18-13-5-3-4-6-14(13)19-7-9-23-10-8-19/h3-6,15H,2,7-12H2,1H3,(H,18,22)/t15-/m1/s1.